The van der Waals surface area contributed by atoms with Crippen molar-refractivity contribution in [3.05, 3.63) is 0 Å². The summed E-state index contributed by atoms with van der Waals surface area (Å²) in [6.45, 7) is -1.30. The van der Waals surface area contributed by atoms with Crippen molar-refractivity contribution in [1.29, 1.82) is 0 Å². The highest BCUT2D eigenvalue weighted by molar-refractivity contribution is 5.82. The molecule has 0 aromatic rings. The van der Waals surface area contributed by atoms with Crippen molar-refractivity contribution >= 4 is 5.91 Å². The van der Waals surface area contributed by atoms with E-state index in [0.717, 1.165) is 12.8 Å². The van der Waals surface area contributed by atoms with E-state index < -0.39 is 49.2 Å². The third-order valence-corrected chi connectivity index (χ3v) is 4.27. The van der Waals surface area contributed by atoms with Crippen LogP contribution in [0.2, 0.25) is 0 Å². The molecule has 9 heteroatoms. The summed E-state index contributed by atoms with van der Waals surface area (Å²) < 4.78 is 77.5. The van der Waals surface area contributed by atoms with E-state index in [0.29, 0.717) is 17.9 Å². The van der Waals surface area contributed by atoms with Crippen LogP contribution in [0.25, 0.3) is 0 Å². The maximum atomic E-state index is 12.9. The number of hydrogen-bond acceptors (Lipinski definition) is 2. The first-order valence-corrected chi connectivity index (χ1v) is 6.74. The summed E-state index contributed by atoms with van der Waals surface area (Å²) in [5.41, 5.74) is -3.80. The molecule has 2 aliphatic rings. The SMILES string of the molecule is O=C(C1CCCCN1)N1CCC(C(F)(F)F)(C(F)(F)F)C1. The number of halogens is 6. The molecular weight excluding hydrogens is 302 g/mol. The van der Waals surface area contributed by atoms with Crippen LogP contribution in [-0.4, -0.2) is 48.8 Å². The van der Waals surface area contributed by atoms with Crippen molar-refractivity contribution in [2.45, 2.75) is 44.1 Å². The summed E-state index contributed by atoms with van der Waals surface area (Å²) in [5, 5.41) is 2.85. The number of rotatable bonds is 1. The fourth-order valence-corrected chi connectivity index (χ4v) is 2.90. The summed E-state index contributed by atoms with van der Waals surface area (Å²) in [4.78, 5) is 12.8. The minimum Gasteiger partial charge on any atom is -0.340 e. The summed E-state index contributed by atoms with van der Waals surface area (Å²) >= 11 is 0. The summed E-state index contributed by atoms with van der Waals surface area (Å²) in [6, 6.07) is -0.670. The van der Waals surface area contributed by atoms with Gasteiger partial charge in [-0.1, -0.05) is 6.42 Å². The molecule has 1 atom stereocenters. The Morgan fingerprint density at radius 1 is 1.10 bits per heavy atom. The number of piperidine rings is 1. The molecule has 0 saturated carbocycles. The van der Waals surface area contributed by atoms with Gasteiger partial charge >= 0.3 is 12.4 Å². The maximum Gasteiger partial charge on any atom is 0.404 e. The van der Waals surface area contributed by atoms with Crippen LogP contribution in [0.1, 0.15) is 25.7 Å². The fourth-order valence-electron chi connectivity index (χ4n) is 2.90. The molecule has 2 rings (SSSR count). The average molecular weight is 318 g/mol. The van der Waals surface area contributed by atoms with Crippen molar-refractivity contribution in [2.75, 3.05) is 19.6 Å². The van der Waals surface area contributed by atoms with Crippen LogP contribution < -0.4 is 5.32 Å². The van der Waals surface area contributed by atoms with Crippen LogP contribution in [0, 0.1) is 5.41 Å². The van der Waals surface area contributed by atoms with E-state index in [1.807, 2.05) is 0 Å². The predicted molar refractivity (Wildman–Crippen MR) is 61.4 cm³/mol. The van der Waals surface area contributed by atoms with Crippen molar-refractivity contribution in [3.63, 3.8) is 0 Å². The Hall–Kier alpha value is -0.990. The third-order valence-electron chi connectivity index (χ3n) is 4.27. The molecule has 2 aliphatic heterocycles. The van der Waals surface area contributed by atoms with Crippen LogP contribution in [-0.2, 0) is 4.79 Å². The monoisotopic (exact) mass is 318 g/mol. The van der Waals surface area contributed by atoms with E-state index in [9.17, 15) is 31.1 Å². The van der Waals surface area contributed by atoms with Gasteiger partial charge in [0, 0.05) is 13.1 Å². The number of amides is 1. The van der Waals surface area contributed by atoms with Gasteiger partial charge in [-0.15, -0.1) is 0 Å². The normalized spacial score (nSPS) is 27.0. The lowest BCUT2D eigenvalue weighted by Crippen LogP contribution is -2.54. The van der Waals surface area contributed by atoms with E-state index in [2.05, 4.69) is 5.32 Å². The van der Waals surface area contributed by atoms with Crippen LogP contribution in [0.15, 0.2) is 0 Å². The van der Waals surface area contributed by atoms with Crippen LogP contribution >= 0.6 is 0 Å². The number of nitrogens with zero attached hydrogens (tertiary/aromatic N) is 1. The number of nitrogens with one attached hydrogen (secondary N) is 1. The summed E-state index contributed by atoms with van der Waals surface area (Å²) in [6.07, 6.45) is -9.93. The molecule has 0 bridgehead atoms. The first-order chi connectivity index (χ1) is 9.58. The Kier molecular flexibility index (Phi) is 4.16. The standard InChI is InChI=1S/C12H16F6N2O/c13-11(14,15)10(12(16,17)18)4-6-20(7-10)9(21)8-3-1-2-5-19-8/h8,19H,1-7H2. The highest BCUT2D eigenvalue weighted by Gasteiger charge is 2.73. The molecule has 1 amide bonds. The van der Waals surface area contributed by atoms with E-state index in [4.69, 9.17) is 0 Å². The quantitative estimate of drug-likeness (QED) is 0.753. The maximum absolute atomic E-state index is 12.9. The second-order valence-electron chi connectivity index (χ2n) is 5.59. The lowest BCUT2D eigenvalue weighted by atomic mass is 9.85. The van der Waals surface area contributed by atoms with E-state index in [1.165, 1.54) is 0 Å². The van der Waals surface area contributed by atoms with E-state index in [-0.39, 0.29) is 0 Å². The van der Waals surface area contributed by atoms with Gasteiger partial charge in [-0.2, -0.15) is 26.3 Å². The molecular formula is C12H16F6N2O. The Labute approximate surface area is 117 Å². The molecule has 2 heterocycles. The van der Waals surface area contributed by atoms with Crippen LogP contribution in [0.4, 0.5) is 26.3 Å². The van der Waals surface area contributed by atoms with Gasteiger partial charge in [0.15, 0.2) is 5.41 Å². The molecule has 3 nitrogen and oxygen atoms in total. The molecule has 21 heavy (non-hydrogen) atoms. The highest BCUT2D eigenvalue weighted by Crippen LogP contribution is 2.55. The fraction of sp³-hybridized carbons (Fsp3) is 0.917. The smallest absolute Gasteiger partial charge is 0.340 e. The third kappa shape index (κ3) is 2.84. The van der Waals surface area contributed by atoms with Gasteiger partial charge in [-0.25, -0.2) is 0 Å². The Morgan fingerprint density at radius 3 is 2.14 bits per heavy atom. The zero-order chi connectivity index (χ0) is 15.9. The number of carbonyl (C=O) groups is 1. The van der Waals surface area contributed by atoms with Gasteiger partial charge in [-0.05, 0) is 25.8 Å². The number of alkyl halides is 6. The first-order valence-electron chi connectivity index (χ1n) is 6.74. The minimum absolute atomic E-state index is 0.445. The van der Waals surface area contributed by atoms with Gasteiger partial charge in [-0.3, -0.25) is 4.79 Å². The van der Waals surface area contributed by atoms with Gasteiger partial charge in [0.1, 0.15) is 0 Å². The lowest BCUT2D eigenvalue weighted by molar-refractivity contribution is -0.334. The largest absolute Gasteiger partial charge is 0.404 e. The average Bonchev–Trinajstić information content (AvgIpc) is 2.84. The molecule has 0 radical (unpaired) electrons. The first kappa shape index (κ1) is 16.4. The number of likely N-dealkylation sites (tertiary alicyclic amines) is 1. The second kappa shape index (κ2) is 5.33. The zero-order valence-corrected chi connectivity index (χ0v) is 11.2. The number of hydrogen-bond donors (Lipinski definition) is 1. The van der Waals surface area contributed by atoms with Gasteiger partial charge in [0.2, 0.25) is 5.91 Å². The molecule has 1 unspecified atom stereocenters. The molecule has 0 aromatic carbocycles. The predicted octanol–water partition coefficient (Wildman–Crippen LogP) is 2.47. The van der Waals surface area contributed by atoms with E-state index in [1.54, 1.807) is 0 Å². The zero-order valence-electron chi connectivity index (χ0n) is 11.2. The summed E-state index contributed by atoms with van der Waals surface area (Å²) in [5.74, 6) is -0.662. The molecule has 0 aliphatic carbocycles. The molecule has 0 aromatic heterocycles. The second-order valence-corrected chi connectivity index (χ2v) is 5.59. The van der Waals surface area contributed by atoms with Gasteiger partial charge < -0.3 is 10.2 Å². The molecule has 1 N–H and O–H groups in total. The Morgan fingerprint density at radius 2 is 1.71 bits per heavy atom. The van der Waals surface area contributed by atoms with Crippen molar-refractivity contribution in [2.24, 2.45) is 5.41 Å². The van der Waals surface area contributed by atoms with Crippen molar-refractivity contribution < 1.29 is 31.1 Å². The lowest BCUT2D eigenvalue weighted by Gasteiger charge is -2.34. The summed E-state index contributed by atoms with van der Waals surface area (Å²) in [7, 11) is 0. The highest BCUT2D eigenvalue weighted by atomic mass is 19.4. The Bertz CT molecular complexity index is 386. The molecule has 122 valence electrons. The van der Waals surface area contributed by atoms with Crippen molar-refractivity contribution in [3.8, 4) is 0 Å². The van der Waals surface area contributed by atoms with Crippen LogP contribution in [0.5, 0.6) is 0 Å². The van der Waals surface area contributed by atoms with E-state index >= 15 is 0 Å². The van der Waals surface area contributed by atoms with Crippen LogP contribution in [0.3, 0.4) is 0 Å². The number of carbonyl (C=O) groups excluding carboxylic acids is 1. The molecule has 2 saturated heterocycles. The van der Waals surface area contributed by atoms with Gasteiger partial charge in [0.25, 0.3) is 0 Å². The minimum atomic E-state index is -5.42. The van der Waals surface area contributed by atoms with Crippen molar-refractivity contribution in [1.82, 2.24) is 10.2 Å². The van der Waals surface area contributed by atoms with Gasteiger partial charge in [0.05, 0.1) is 6.04 Å². The molecule has 0 spiro atoms. The topological polar surface area (TPSA) is 32.3 Å². The molecule has 2 fully saturated rings. The Balaban J connectivity index is 2.15.